The first-order valence-electron chi connectivity index (χ1n) is 13.9. The van der Waals surface area contributed by atoms with Crippen LogP contribution in [0.5, 0.6) is 5.88 Å². The zero-order valence-electron chi connectivity index (χ0n) is 24.7. The number of nitrogens with one attached hydrogen (secondary N) is 1. The van der Waals surface area contributed by atoms with E-state index in [0.717, 1.165) is 45.8 Å². The maximum absolute atomic E-state index is 14.0. The molecule has 0 unspecified atom stereocenters. The predicted molar refractivity (Wildman–Crippen MR) is 164 cm³/mol. The molecule has 0 spiro atoms. The maximum Gasteiger partial charge on any atom is 0.439 e. The molecule has 0 aliphatic rings. The molecule has 0 aliphatic carbocycles. The fraction of sp³-hybridized carbons (Fsp3) is 0.281. The summed E-state index contributed by atoms with van der Waals surface area (Å²) in [5.41, 5.74) is 5.57. The van der Waals surface area contributed by atoms with Gasteiger partial charge in [0.1, 0.15) is 5.82 Å². The van der Waals surface area contributed by atoms with Gasteiger partial charge in [0.2, 0.25) is 5.88 Å². The molecule has 10 heteroatoms. The van der Waals surface area contributed by atoms with Gasteiger partial charge in [-0.25, -0.2) is 14.8 Å². The van der Waals surface area contributed by atoms with Gasteiger partial charge in [-0.3, -0.25) is 18.9 Å². The third kappa shape index (κ3) is 7.07. The predicted octanol–water partition coefficient (Wildman–Crippen LogP) is 5.29. The van der Waals surface area contributed by atoms with Crippen molar-refractivity contribution < 1.29 is 9.26 Å². The summed E-state index contributed by atoms with van der Waals surface area (Å²) >= 11 is 0. The molecule has 0 fully saturated rings. The molecular weight excluding hydrogens is 557 g/mol. The fourth-order valence-corrected chi connectivity index (χ4v) is 4.87. The van der Waals surface area contributed by atoms with E-state index in [1.807, 2.05) is 75.4 Å². The van der Waals surface area contributed by atoms with Gasteiger partial charge in [-0.1, -0.05) is 67.5 Å². The van der Waals surface area contributed by atoms with E-state index >= 15 is 0 Å². The third-order valence-electron chi connectivity index (χ3n) is 6.74. The second kappa shape index (κ2) is 14.3. The van der Waals surface area contributed by atoms with E-state index in [1.165, 1.54) is 0 Å². The minimum absolute atomic E-state index is 0. The minimum atomic E-state index is -0.601. The number of aromatic amines is 1. The number of pyridine rings is 1. The first kappa shape index (κ1) is 31.8. The number of hydrogen-bond acceptors (Lipinski definition) is 7. The van der Waals surface area contributed by atoms with Crippen LogP contribution in [-0.4, -0.2) is 82.2 Å². The van der Waals surface area contributed by atoms with Crippen molar-refractivity contribution in [2.24, 2.45) is 0 Å². The van der Waals surface area contributed by atoms with Crippen LogP contribution in [0.15, 0.2) is 81.0 Å². The van der Waals surface area contributed by atoms with Crippen molar-refractivity contribution in [3.63, 3.8) is 0 Å². The Labute approximate surface area is 286 Å². The Balaban J connectivity index is 0.00000405. The Hall–Kier alpha value is -3.15. The molecule has 3 aromatic heterocycles. The topological polar surface area (TPSA) is 116 Å². The largest absolute Gasteiger partial charge is 0.475 e. The molecular formula is C32H33KN5O4. The summed E-state index contributed by atoms with van der Waals surface area (Å²) in [6.07, 6.45) is 3.91. The number of benzene rings is 2. The zero-order chi connectivity index (χ0) is 28.9. The molecule has 9 nitrogen and oxygen atoms in total. The Bertz CT molecular complexity index is 1760. The molecule has 5 aromatic rings. The average molecular weight is 591 g/mol. The van der Waals surface area contributed by atoms with E-state index in [4.69, 9.17) is 14.2 Å². The molecule has 5 rings (SSSR count). The van der Waals surface area contributed by atoms with E-state index in [-0.39, 0.29) is 63.0 Å². The molecule has 0 saturated heterocycles. The fourth-order valence-electron chi connectivity index (χ4n) is 4.87. The van der Waals surface area contributed by atoms with Gasteiger partial charge >= 0.3 is 5.76 Å². The summed E-state index contributed by atoms with van der Waals surface area (Å²) in [6.45, 7) is 8.38. The summed E-state index contributed by atoms with van der Waals surface area (Å²) in [4.78, 5) is 37.5. The number of nitrogens with zero attached hydrogens (tertiary/aromatic N) is 4. The van der Waals surface area contributed by atoms with Gasteiger partial charge in [0.25, 0.3) is 5.56 Å². The summed E-state index contributed by atoms with van der Waals surface area (Å²) in [7, 11) is 0. The minimum Gasteiger partial charge on any atom is -0.475 e. The first-order valence-corrected chi connectivity index (χ1v) is 13.9. The van der Waals surface area contributed by atoms with Crippen LogP contribution in [0, 0.1) is 0 Å². The monoisotopic (exact) mass is 590 g/mol. The number of aromatic nitrogens is 5. The van der Waals surface area contributed by atoms with Crippen LogP contribution in [0.3, 0.4) is 0 Å². The van der Waals surface area contributed by atoms with E-state index in [2.05, 4.69) is 22.0 Å². The average Bonchev–Trinajstić information content (AvgIpc) is 3.41. The van der Waals surface area contributed by atoms with E-state index < -0.39 is 5.76 Å². The van der Waals surface area contributed by atoms with E-state index in [1.54, 1.807) is 16.8 Å². The van der Waals surface area contributed by atoms with Gasteiger partial charge in [0.05, 0.1) is 23.9 Å². The van der Waals surface area contributed by atoms with Gasteiger partial charge in [-0.05, 0) is 49.4 Å². The van der Waals surface area contributed by atoms with Gasteiger partial charge in [-0.2, -0.15) is 0 Å². The Morgan fingerprint density at radius 2 is 1.67 bits per heavy atom. The second-order valence-corrected chi connectivity index (χ2v) is 10.1. The van der Waals surface area contributed by atoms with Crippen molar-refractivity contribution in [1.29, 1.82) is 0 Å². The van der Waals surface area contributed by atoms with E-state index in [9.17, 15) is 9.59 Å². The summed E-state index contributed by atoms with van der Waals surface area (Å²) in [5.74, 6) is 1.07. The van der Waals surface area contributed by atoms with Gasteiger partial charge < -0.3 is 4.74 Å². The molecule has 42 heavy (non-hydrogen) atoms. The number of rotatable bonds is 10. The number of ether oxygens (including phenoxy) is 1. The van der Waals surface area contributed by atoms with Crippen LogP contribution in [0.1, 0.15) is 51.2 Å². The van der Waals surface area contributed by atoms with Crippen molar-refractivity contribution in [2.75, 3.05) is 0 Å². The number of aryl methyl sites for hydroxylation is 2. The molecule has 0 atom stereocenters. The van der Waals surface area contributed by atoms with Crippen molar-refractivity contribution in [1.82, 2.24) is 24.7 Å². The second-order valence-electron chi connectivity index (χ2n) is 10.1. The van der Waals surface area contributed by atoms with Crippen LogP contribution >= 0.6 is 0 Å². The molecule has 211 valence electrons. The Morgan fingerprint density at radius 1 is 0.952 bits per heavy atom. The molecule has 3 heterocycles. The molecule has 0 amide bonds. The first-order chi connectivity index (χ1) is 19.9. The molecule has 1 radical (unpaired) electrons. The number of H-pyrrole nitrogens is 1. The van der Waals surface area contributed by atoms with Crippen LogP contribution < -0.4 is 16.1 Å². The van der Waals surface area contributed by atoms with Crippen LogP contribution in [0.2, 0.25) is 0 Å². The molecule has 0 bridgehead atoms. The number of hydrogen-bond donors (Lipinski definition) is 1. The normalized spacial score (nSPS) is 11.0. The Morgan fingerprint density at radius 3 is 2.26 bits per heavy atom. The van der Waals surface area contributed by atoms with Crippen LogP contribution in [0.25, 0.3) is 33.6 Å². The van der Waals surface area contributed by atoms with E-state index in [0.29, 0.717) is 36.7 Å². The van der Waals surface area contributed by atoms with Gasteiger partial charge in [-0.15, -0.1) is 0 Å². The quantitative estimate of drug-likeness (QED) is 0.220. The maximum atomic E-state index is 14.0. The van der Waals surface area contributed by atoms with Gasteiger partial charge in [0.15, 0.2) is 5.82 Å². The Kier molecular flexibility index (Phi) is 10.9. The summed E-state index contributed by atoms with van der Waals surface area (Å²) in [5, 5.41) is 3.85. The molecule has 0 aliphatic heterocycles. The molecule has 2 aromatic carbocycles. The summed E-state index contributed by atoms with van der Waals surface area (Å²) in [6, 6.07) is 19.3. The smallest absolute Gasteiger partial charge is 0.439 e. The van der Waals surface area contributed by atoms with Crippen molar-refractivity contribution in [3.8, 4) is 39.5 Å². The molecule has 1 N–H and O–H groups in total. The van der Waals surface area contributed by atoms with Crippen molar-refractivity contribution in [2.45, 2.75) is 59.6 Å². The SMILES string of the molecule is CCCc1nc(CC)c(-c2ccc(OC(C)C)nc2)c(=O)n1Cc1ccc(-c2ccccc2-c2noc(=O)[nH]2)cc1.[K]. The molecule has 0 saturated carbocycles. The van der Waals surface area contributed by atoms with Crippen molar-refractivity contribution >= 4 is 51.4 Å². The standard InChI is InChI=1S/C32H33N5O4.K/c1-5-9-27-34-26(6-2)29(23-16-17-28(33-18-23)40-20(3)4)31(38)37(27)19-21-12-14-22(15-13-21)24-10-7-8-11-25(24)30-35-32(39)41-36-30;/h7-8,10-18,20H,5-6,9,19H2,1-4H3,(H,35,36,39);. The zero-order valence-corrected chi connectivity index (χ0v) is 27.8. The summed E-state index contributed by atoms with van der Waals surface area (Å²) < 4.78 is 12.2. The van der Waals surface area contributed by atoms with Crippen LogP contribution in [0.4, 0.5) is 0 Å². The van der Waals surface area contributed by atoms with Gasteiger partial charge in [0, 0.05) is 81.2 Å². The van der Waals surface area contributed by atoms with Crippen LogP contribution in [-0.2, 0) is 19.4 Å². The third-order valence-corrected chi connectivity index (χ3v) is 6.74. The van der Waals surface area contributed by atoms with Crippen molar-refractivity contribution in [3.05, 3.63) is 105 Å².